The minimum Gasteiger partial charge on any atom is -0.469 e. The maximum atomic E-state index is 12.3. The number of methoxy groups -OCH3 is 1. The number of halogens is 2. The molecular weight excluding hydrogens is 293 g/mol. The summed E-state index contributed by atoms with van der Waals surface area (Å²) < 4.78 is 17.3. The third-order valence-corrected chi connectivity index (χ3v) is 4.36. The van der Waals surface area contributed by atoms with Gasteiger partial charge in [-0.3, -0.25) is 9.18 Å². The van der Waals surface area contributed by atoms with Gasteiger partial charge in [0.15, 0.2) is 0 Å². The predicted octanol–water partition coefficient (Wildman–Crippen LogP) is 3.28. The van der Waals surface area contributed by atoms with Crippen molar-refractivity contribution < 1.29 is 13.9 Å². The number of hydrogen-bond donors (Lipinski definition) is 0. The van der Waals surface area contributed by atoms with Crippen molar-refractivity contribution >= 4 is 17.6 Å². The Morgan fingerprint density at radius 1 is 1.43 bits per heavy atom. The van der Waals surface area contributed by atoms with Crippen molar-refractivity contribution in [2.45, 2.75) is 18.8 Å². The van der Waals surface area contributed by atoms with Crippen molar-refractivity contribution in [2.75, 3.05) is 33.4 Å². The van der Waals surface area contributed by atoms with Gasteiger partial charge in [0.1, 0.15) is 0 Å². The Bertz CT molecular complexity index is 466. The second-order valence-corrected chi connectivity index (χ2v) is 5.86. The molecule has 0 spiro atoms. The van der Waals surface area contributed by atoms with Gasteiger partial charge in [-0.2, -0.15) is 0 Å². The number of piperidine rings is 1. The summed E-state index contributed by atoms with van der Waals surface area (Å²) in [6.45, 7) is 1.87. The number of hydrogen-bond acceptors (Lipinski definition) is 3. The first-order chi connectivity index (χ1) is 10.2. The standard InChI is InChI=1S/C16H21ClFNO2/c1-21-16(20)15-11-19(9-2-8-18)10-7-14(15)12-3-5-13(17)6-4-12/h3-6,14-15H,2,7-11H2,1H3/t14-,15+/m1/s1. The van der Waals surface area contributed by atoms with E-state index in [1.54, 1.807) is 0 Å². The highest BCUT2D eigenvalue weighted by molar-refractivity contribution is 6.30. The van der Waals surface area contributed by atoms with Crippen molar-refractivity contribution in [1.29, 1.82) is 0 Å². The van der Waals surface area contributed by atoms with Crippen LogP contribution in [0.2, 0.25) is 5.02 Å². The Morgan fingerprint density at radius 2 is 2.14 bits per heavy atom. The molecule has 2 atom stereocenters. The van der Waals surface area contributed by atoms with E-state index in [4.69, 9.17) is 16.3 Å². The summed E-state index contributed by atoms with van der Waals surface area (Å²) in [5.41, 5.74) is 1.11. The number of ether oxygens (including phenoxy) is 1. The summed E-state index contributed by atoms with van der Waals surface area (Å²) in [6, 6.07) is 7.64. The predicted molar refractivity (Wildman–Crippen MR) is 81.3 cm³/mol. The SMILES string of the molecule is COC(=O)[C@H]1CN(CCCF)CC[C@@H]1c1ccc(Cl)cc1. The molecule has 0 N–H and O–H groups in total. The molecule has 5 heteroatoms. The van der Waals surface area contributed by atoms with Crippen LogP contribution in [0.4, 0.5) is 4.39 Å². The van der Waals surface area contributed by atoms with Gasteiger partial charge in [-0.1, -0.05) is 23.7 Å². The molecule has 1 saturated heterocycles. The third-order valence-electron chi connectivity index (χ3n) is 4.11. The van der Waals surface area contributed by atoms with Crippen LogP contribution in [-0.2, 0) is 9.53 Å². The Hall–Kier alpha value is -1.13. The zero-order valence-electron chi connectivity index (χ0n) is 12.2. The van der Waals surface area contributed by atoms with Crippen LogP contribution in [0.15, 0.2) is 24.3 Å². The van der Waals surface area contributed by atoms with Crippen molar-refractivity contribution in [3.8, 4) is 0 Å². The van der Waals surface area contributed by atoms with E-state index in [1.165, 1.54) is 7.11 Å². The number of benzene rings is 1. The topological polar surface area (TPSA) is 29.5 Å². The van der Waals surface area contributed by atoms with Crippen molar-refractivity contribution in [2.24, 2.45) is 5.92 Å². The van der Waals surface area contributed by atoms with Crippen LogP contribution in [0.25, 0.3) is 0 Å². The Balaban J connectivity index is 2.12. The number of carbonyl (C=O) groups excluding carboxylic acids is 1. The van der Waals surface area contributed by atoms with Gasteiger partial charge in [0.05, 0.1) is 19.7 Å². The van der Waals surface area contributed by atoms with Gasteiger partial charge in [-0.05, 0) is 43.0 Å². The lowest BCUT2D eigenvalue weighted by atomic mass is 9.80. The Kier molecular flexibility index (Phi) is 6.00. The zero-order chi connectivity index (χ0) is 15.2. The molecule has 1 aliphatic heterocycles. The molecular formula is C16H21ClFNO2. The smallest absolute Gasteiger partial charge is 0.310 e. The second-order valence-electron chi connectivity index (χ2n) is 5.42. The summed E-state index contributed by atoms with van der Waals surface area (Å²) >= 11 is 5.92. The van der Waals surface area contributed by atoms with Crippen LogP contribution in [-0.4, -0.2) is 44.3 Å². The van der Waals surface area contributed by atoms with Crippen LogP contribution < -0.4 is 0 Å². The van der Waals surface area contributed by atoms with Crippen molar-refractivity contribution in [3.63, 3.8) is 0 Å². The van der Waals surface area contributed by atoms with E-state index < -0.39 is 0 Å². The molecule has 0 unspecified atom stereocenters. The fourth-order valence-corrected chi connectivity index (χ4v) is 3.13. The minimum absolute atomic E-state index is 0.136. The van der Waals surface area contributed by atoms with E-state index in [0.717, 1.165) is 18.5 Å². The number of alkyl halides is 1. The van der Waals surface area contributed by atoms with Crippen molar-refractivity contribution in [1.82, 2.24) is 4.90 Å². The number of esters is 1. The van der Waals surface area contributed by atoms with Gasteiger partial charge in [-0.25, -0.2) is 0 Å². The molecule has 21 heavy (non-hydrogen) atoms. The van der Waals surface area contributed by atoms with Crippen LogP contribution in [0.3, 0.4) is 0 Å². The first kappa shape index (κ1) is 16.2. The van der Waals surface area contributed by atoms with Gasteiger partial charge >= 0.3 is 5.97 Å². The number of likely N-dealkylation sites (tertiary alicyclic amines) is 1. The molecule has 1 heterocycles. The maximum Gasteiger partial charge on any atom is 0.310 e. The molecule has 0 bridgehead atoms. The summed E-state index contributed by atoms with van der Waals surface area (Å²) in [7, 11) is 1.42. The molecule has 1 fully saturated rings. The molecule has 0 aliphatic carbocycles. The molecule has 0 radical (unpaired) electrons. The van der Waals surface area contributed by atoms with E-state index in [9.17, 15) is 9.18 Å². The van der Waals surface area contributed by atoms with E-state index in [-0.39, 0.29) is 24.5 Å². The van der Waals surface area contributed by atoms with Gasteiger partial charge in [0.25, 0.3) is 0 Å². The maximum absolute atomic E-state index is 12.3. The highest BCUT2D eigenvalue weighted by atomic mass is 35.5. The van der Waals surface area contributed by atoms with Gasteiger partial charge in [0.2, 0.25) is 0 Å². The first-order valence-corrected chi connectivity index (χ1v) is 7.65. The molecule has 116 valence electrons. The number of rotatable bonds is 5. The minimum atomic E-state index is -0.319. The second kappa shape index (κ2) is 7.76. The highest BCUT2D eigenvalue weighted by Gasteiger charge is 2.35. The zero-order valence-corrected chi connectivity index (χ0v) is 13.0. The molecule has 1 aromatic carbocycles. The molecule has 1 aliphatic rings. The third kappa shape index (κ3) is 4.17. The molecule has 3 nitrogen and oxygen atoms in total. The average Bonchev–Trinajstić information content (AvgIpc) is 2.52. The van der Waals surface area contributed by atoms with E-state index in [1.807, 2.05) is 24.3 Å². The summed E-state index contributed by atoms with van der Waals surface area (Å²) in [5, 5.41) is 0.689. The van der Waals surface area contributed by atoms with Gasteiger partial charge in [0, 0.05) is 18.1 Å². The van der Waals surface area contributed by atoms with E-state index >= 15 is 0 Å². The number of nitrogens with zero attached hydrogens (tertiary/aromatic N) is 1. The Labute approximate surface area is 130 Å². The van der Waals surface area contributed by atoms with Gasteiger partial charge < -0.3 is 9.64 Å². The molecule has 0 aromatic heterocycles. The molecule has 0 saturated carbocycles. The quantitative estimate of drug-likeness (QED) is 0.781. The lowest BCUT2D eigenvalue weighted by molar-refractivity contribution is -0.148. The monoisotopic (exact) mass is 313 g/mol. The number of carbonyl (C=O) groups is 1. The molecule has 0 amide bonds. The molecule has 1 aromatic rings. The fourth-order valence-electron chi connectivity index (χ4n) is 3.01. The summed E-state index contributed by atoms with van der Waals surface area (Å²) in [6.07, 6.45) is 1.38. The summed E-state index contributed by atoms with van der Waals surface area (Å²) in [4.78, 5) is 14.2. The van der Waals surface area contributed by atoms with E-state index in [0.29, 0.717) is 24.5 Å². The van der Waals surface area contributed by atoms with Crippen LogP contribution in [0.5, 0.6) is 0 Å². The average molecular weight is 314 g/mol. The largest absolute Gasteiger partial charge is 0.469 e. The Morgan fingerprint density at radius 3 is 2.76 bits per heavy atom. The molecule has 2 rings (SSSR count). The normalized spacial score (nSPS) is 23.0. The first-order valence-electron chi connectivity index (χ1n) is 7.27. The van der Waals surface area contributed by atoms with Gasteiger partial charge in [-0.15, -0.1) is 0 Å². The van der Waals surface area contributed by atoms with Crippen LogP contribution in [0.1, 0.15) is 24.3 Å². The summed E-state index contributed by atoms with van der Waals surface area (Å²) in [5.74, 6) is -0.263. The lowest BCUT2D eigenvalue weighted by Crippen LogP contribution is -2.43. The van der Waals surface area contributed by atoms with Crippen LogP contribution in [0, 0.1) is 5.92 Å². The highest BCUT2D eigenvalue weighted by Crippen LogP contribution is 2.34. The lowest BCUT2D eigenvalue weighted by Gasteiger charge is -2.37. The fraction of sp³-hybridized carbons (Fsp3) is 0.562. The van der Waals surface area contributed by atoms with Crippen molar-refractivity contribution in [3.05, 3.63) is 34.9 Å². The van der Waals surface area contributed by atoms with Crippen LogP contribution >= 0.6 is 11.6 Å². The van der Waals surface area contributed by atoms with E-state index in [2.05, 4.69) is 4.90 Å².